The highest BCUT2D eigenvalue weighted by atomic mass is 16.5. The SMILES string of the molecule is OC(c1nc(-c2cc(C3CC3)[nH]n2)no1)C1CCOCC1. The average Bonchev–Trinajstić information content (AvgIpc) is 3.07. The van der Waals surface area contributed by atoms with Crippen LogP contribution in [0.5, 0.6) is 0 Å². The van der Waals surface area contributed by atoms with E-state index in [0.29, 0.717) is 30.7 Å². The largest absolute Gasteiger partial charge is 0.383 e. The molecule has 0 spiro atoms. The summed E-state index contributed by atoms with van der Waals surface area (Å²) >= 11 is 0. The Morgan fingerprint density at radius 1 is 1.24 bits per heavy atom. The zero-order valence-electron chi connectivity index (χ0n) is 11.7. The quantitative estimate of drug-likeness (QED) is 0.891. The standard InChI is InChI=1S/C14H18N4O3/c19-12(9-3-5-20-6-4-9)14-15-13(18-21-14)11-7-10(16-17-11)8-1-2-8/h7-9,12,19H,1-6H2,(H,16,17). The van der Waals surface area contributed by atoms with E-state index in [-0.39, 0.29) is 11.8 Å². The molecule has 2 aliphatic rings. The summed E-state index contributed by atoms with van der Waals surface area (Å²) in [6.07, 6.45) is 3.32. The van der Waals surface area contributed by atoms with Crippen molar-refractivity contribution in [1.82, 2.24) is 20.3 Å². The van der Waals surface area contributed by atoms with Crippen molar-refractivity contribution in [3.05, 3.63) is 17.7 Å². The van der Waals surface area contributed by atoms with Gasteiger partial charge in [-0.15, -0.1) is 0 Å². The number of H-pyrrole nitrogens is 1. The van der Waals surface area contributed by atoms with Gasteiger partial charge in [-0.1, -0.05) is 5.16 Å². The van der Waals surface area contributed by atoms with Crippen molar-refractivity contribution in [2.45, 2.75) is 37.7 Å². The predicted octanol–water partition coefficient (Wildman–Crippen LogP) is 1.80. The van der Waals surface area contributed by atoms with Gasteiger partial charge in [-0.05, 0) is 37.7 Å². The van der Waals surface area contributed by atoms with Crippen LogP contribution in [0.3, 0.4) is 0 Å². The lowest BCUT2D eigenvalue weighted by molar-refractivity contribution is -0.00545. The number of nitrogens with zero attached hydrogens (tertiary/aromatic N) is 3. The second kappa shape index (κ2) is 5.23. The number of aliphatic hydroxyl groups excluding tert-OH is 1. The molecule has 2 aromatic rings. The Hall–Kier alpha value is -1.73. The van der Waals surface area contributed by atoms with Crippen LogP contribution in [0.1, 0.15) is 49.3 Å². The first-order valence-corrected chi connectivity index (χ1v) is 7.46. The number of hydrogen-bond acceptors (Lipinski definition) is 6. The molecule has 1 saturated heterocycles. The molecule has 7 heteroatoms. The fraction of sp³-hybridized carbons (Fsp3) is 0.643. The Morgan fingerprint density at radius 3 is 2.81 bits per heavy atom. The Morgan fingerprint density at radius 2 is 2.05 bits per heavy atom. The van der Waals surface area contributed by atoms with Gasteiger partial charge < -0.3 is 14.4 Å². The van der Waals surface area contributed by atoms with E-state index in [1.54, 1.807) is 0 Å². The van der Waals surface area contributed by atoms with E-state index < -0.39 is 6.10 Å². The molecule has 112 valence electrons. The molecule has 3 heterocycles. The number of ether oxygens (including phenoxy) is 1. The molecule has 1 atom stereocenters. The average molecular weight is 290 g/mol. The van der Waals surface area contributed by atoms with Crippen LogP contribution < -0.4 is 0 Å². The van der Waals surface area contributed by atoms with E-state index in [9.17, 15) is 5.11 Å². The van der Waals surface area contributed by atoms with Crippen LogP contribution in [0, 0.1) is 5.92 Å². The lowest BCUT2D eigenvalue weighted by Gasteiger charge is -2.24. The third kappa shape index (κ3) is 2.58. The molecule has 4 rings (SSSR count). The molecule has 2 aromatic heterocycles. The van der Waals surface area contributed by atoms with E-state index in [1.165, 1.54) is 12.8 Å². The van der Waals surface area contributed by atoms with Crippen molar-refractivity contribution >= 4 is 0 Å². The molecule has 0 amide bonds. The smallest absolute Gasteiger partial charge is 0.256 e. The number of rotatable bonds is 4. The molecule has 0 aromatic carbocycles. The Balaban J connectivity index is 1.51. The van der Waals surface area contributed by atoms with Crippen LogP contribution in [-0.4, -0.2) is 38.7 Å². The van der Waals surface area contributed by atoms with Crippen LogP contribution in [0.4, 0.5) is 0 Å². The minimum Gasteiger partial charge on any atom is -0.383 e. The minimum absolute atomic E-state index is 0.119. The van der Waals surface area contributed by atoms with E-state index in [4.69, 9.17) is 9.26 Å². The maximum Gasteiger partial charge on any atom is 0.256 e. The summed E-state index contributed by atoms with van der Waals surface area (Å²) in [5.74, 6) is 1.42. The lowest BCUT2D eigenvalue weighted by Crippen LogP contribution is -2.22. The van der Waals surface area contributed by atoms with Gasteiger partial charge in [0.05, 0.1) is 0 Å². The first-order chi connectivity index (χ1) is 10.3. The van der Waals surface area contributed by atoms with Crippen LogP contribution in [0.25, 0.3) is 11.5 Å². The summed E-state index contributed by atoms with van der Waals surface area (Å²) in [5.41, 5.74) is 1.80. The van der Waals surface area contributed by atoms with Crippen molar-refractivity contribution in [1.29, 1.82) is 0 Å². The number of aromatic nitrogens is 4. The van der Waals surface area contributed by atoms with Gasteiger partial charge >= 0.3 is 0 Å². The number of aliphatic hydroxyl groups is 1. The molecule has 1 aliphatic heterocycles. The maximum atomic E-state index is 10.3. The molecule has 21 heavy (non-hydrogen) atoms. The Labute approximate surface area is 121 Å². The monoisotopic (exact) mass is 290 g/mol. The van der Waals surface area contributed by atoms with Crippen molar-refractivity contribution in [3.8, 4) is 11.5 Å². The first-order valence-electron chi connectivity index (χ1n) is 7.46. The Kier molecular flexibility index (Phi) is 3.23. The fourth-order valence-corrected chi connectivity index (χ4v) is 2.75. The summed E-state index contributed by atoms with van der Waals surface area (Å²) in [4.78, 5) is 4.30. The highest BCUT2D eigenvalue weighted by Crippen LogP contribution is 2.39. The zero-order valence-corrected chi connectivity index (χ0v) is 11.7. The summed E-state index contributed by atoms with van der Waals surface area (Å²) in [7, 11) is 0. The molecule has 1 saturated carbocycles. The summed E-state index contributed by atoms with van der Waals surface area (Å²) in [6, 6.07) is 1.97. The molecule has 0 bridgehead atoms. The van der Waals surface area contributed by atoms with Crippen LogP contribution in [-0.2, 0) is 4.74 Å². The molecule has 0 radical (unpaired) electrons. The van der Waals surface area contributed by atoms with E-state index in [0.717, 1.165) is 18.5 Å². The molecule has 1 unspecified atom stereocenters. The van der Waals surface area contributed by atoms with Gasteiger partial charge in [0.15, 0.2) is 0 Å². The third-order valence-electron chi connectivity index (χ3n) is 4.25. The minimum atomic E-state index is -0.725. The highest BCUT2D eigenvalue weighted by Gasteiger charge is 2.29. The molecular formula is C14H18N4O3. The van der Waals surface area contributed by atoms with Gasteiger partial charge in [-0.3, -0.25) is 5.10 Å². The molecule has 2 fully saturated rings. The van der Waals surface area contributed by atoms with Crippen molar-refractivity contribution in [2.24, 2.45) is 5.92 Å². The van der Waals surface area contributed by atoms with Crippen LogP contribution in [0.2, 0.25) is 0 Å². The first kappa shape index (κ1) is 13.0. The van der Waals surface area contributed by atoms with Crippen LogP contribution >= 0.6 is 0 Å². The second-order valence-electron chi connectivity index (χ2n) is 5.83. The molecule has 1 aliphatic carbocycles. The molecule has 2 N–H and O–H groups in total. The number of aromatic amines is 1. The van der Waals surface area contributed by atoms with Crippen molar-refractivity contribution in [2.75, 3.05) is 13.2 Å². The Bertz CT molecular complexity index is 613. The lowest BCUT2D eigenvalue weighted by atomic mass is 9.94. The molecule has 7 nitrogen and oxygen atoms in total. The van der Waals surface area contributed by atoms with E-state index in [1.807, 2.05) is 6.07 Å². The summed E-state index contributed by atoms with van der Waals surface area (Å²) < 4.78 is 10.5. The second-order valence-corrected chi connectivity index (χ2v) is 5.83. The predicted molar refractivity (Wildman–Crippen MR) is 72.4 cm³/mol. The maximum absolute atomic E-state index is 10.3. The zero-order chi connectivity index (χ0) is 14.2. The van der Waals surface area contributed by atoms with Gasteiger partial charge in [-0.2, -0.15) is 10.1 Å². The van der Waals surface area contributed by atoms with Gasteiger partial charge in [0, 0.05) is 24.8 Å². The van der Waals surface area contributed by atoms with Gasteiger partial charge in [0.2, 0.25) is 5.82 Å². The molecular weight excluding hydrogens is 272 g/mol. The topological polar surface area (TPSA) is 97.1 Å². The van der Waals surface area contributed by atoms with E-state index in [2.05, 4.69) is 20.3 Å². The van der Waals surface area contributed by atoms with Gasteiger partial charge in [0.25, 0.3) is 5.89 Å². The van der Waals surface area contributed by atoms with Crippen molar-refractivity contribution in [3.63, 3.8) is 0 Å². The number of hydrogen-bond donors (Lipinski definition) is 2. The summed E-state index contributed by atoms with van der Waals surface area (Å²) in [6.45, 7) is 1.35. The van der Waals surface area contributed by atoms with Gasteiger partial charge in [0.1, 0.15) is 11.8 Å². The van der Waals surface area contributed by atoms with Crippen LogP contribution in [0.15, 0.2) is 10.6 Å². The summed E-state index contributed by atoms with van der Waals surface area (Å²) in [5, 5.41) is 21.5. The highest BCUT2D eigenvalue weighted by molar-refractivity contribution is 5.49. The van der Waals surface area contributed by atoms with Crippen molar-refractivity contribution < 1.29 is 14.4 Å². The van der Waals surface area contributed by atoms with Gasteiger partial charge in [-0.25, -0.2) is 0 Å². The normalized spacial score (nSPS) is 21.6. The van der Waals surface area contributed by atoms with E-state index >= 15 is 0 Å². The number of nitrogens with one attached hydrogen (secondary N) is 1. The third-order valence-corrected chi connectivity index (χ3v) is 4.25. The fourth-order valence-electron chi connectivity index (χ4n) is 2.75.